The van der Waals surface area contributed by atoms with Gasteiger partial charge in [0.1, 0.15) is 0 Å². The number of hydrogen-bond acceptors (Lipinski definition) is 5. The minimum absolute atomic E-state index is 0.167. The third-order valence-corrected chi connectivity index (χ3v) is 4.73. The first-order chi connectivity index (χ1) is 12.6. The zero-order valence-electron chi connectivity index (χ0n) is 15.7. The normalized spacial score (nSPS) is 24.3. The topological polar surface area (TPSA) is 66.1 Å². The molecule has 0 radical (unpaired) electrons. The van der Waals surface area contributed by atoms with Crippen molar-refractivity contribution in [2.24, 2.45) is 0 Å². The number of carbonyl (C=O) groups excluding carboxylic acids is 1. The molecule has 0 aromatic heterocycles. The standard InChI is InChI=1S/C19H30N4O3/c1-15-13-23(14-16(2)26-15)18-5-3-17(4-6-18)21-19(24)20-7-8-22-9-11-25-12-10-22/h3-6,15-16H,7-14H2,1-2H3,(H2,20,21,24). The lowest BCUT2D eigenvalue weighted by atomic mass is 10.2. The molecule has 2 amide bonds. The van der Waals surface area contributed by atoms with E-state index in [-0.39, 0.29) is 18.2 Å². The highest BCUT2D eigenvalue weighted by Gasteiger charge is 2.22. The van der Waals surface area contributed by atoms with E-state index < -0.39 is 0 Å². The Bertz CT molecular complexity index is 565. The Kier molecular flexibility index (Phi) is 6.71. The van der Waals surface area contributed by atoms with Crippen molar-refractivity contribution in [3.05, 3.63) is 24.3 Å². The van der Waals surface area contributed by atoms with Crippen LogP contribution in [0.15, 0.2) is 24.3 Å². The average Bonchev–Trinajstić information content (AvgIpc) is 2.62. The number of ether oxygens (including phenoxy) is 2. The molecule has 0 aliphatic carbocycles. The number of anilines is 2. The van der Waals surface area contributed by atoms with E-state index in [1.807, 2.05) is 24.3 Å². The summed E-state index contributed by atoms with van der Waals surface area (Å²) in [6, 6.07) is 7.82. The molecule has 2 heterocycles. The van der Waals surface area contributed by atoms with Crippen LogP contribution >= 0.6 is 0 Å². The molecule has 26 heavy (non-hydrogen) atoms. The van der Waals surface area contributed by atoms with Crippen molar-refractivity contribution >= 4 is 17.4 Å². The lowest BCUT2D eigenvalue weighted by Gasteiger charge is -2.36. The van der Waals surface area contributed by atoms with Crippen molar-refractivity contribution in [2.75, 3.05) is 62.7 Å². The van der Waals surface area contributed by atoms with Crippen molar-refractivity contribution in [3.8, 4) is 0 Å². The fourth-order valence-electron chi connectivity index (χ4n) is 3.47. The summed E-state index contributed by atoms with van der Waals surface area (Å²) in [5, 5.41) is 5.80. The van der Waals surface area contributed by atoms with Gasteiger partial charge in [-0.3, -0.25) is 4.90 Å². The highest BCUT2D eigenvalue weighted by atomic mass is 16.5. The highest BCUT2D eigenvalue weighted by Crippen LogP contribution is 2.22. The molecule has 0 spiro atoms. The third kappa shape index (κ3) is 5.59. The van der Waals surface area contributed by atoms with Gasteiger partial charge in [0.25, 0.3) is 0 Å². The fourth-order valence-corrected chi connectivity index (χ4v) is 3.47. The van der Waals surface area contributed by atoms with E-state index >= 15 is 0 Å². The predicted octanol–water partition coefficient (Wildman–Crippen LogP) is 1.75. The van der Waals surface area contributed by atoms with Gasteiger partial charge in [-0.25, -0.2) is 4.79 Å². The Hall–Kier alpha value is -1.83. The number of hydrogen-bond donors (Lipinski definition) is 2. The van der Waals surface area contributed by atoms with E-state index in [9.17, 15) is 4.79 Å². The van der Waals surface area contributed by atoms with Gasteiger partial charge in [-0.2, -0.15) is 0 Å². The quantitative estimate of drug-likeness (QED) is 0.835. The van der Waals surface area contributed by atoms with Gasteiger partial charge in [0.05, 0.1) is 25.4 Å². The summed E-state index contributed by atoms with van der Waals surface area (Å²) >= 11 is 0. The van der Waals surface area contributed by atoms with Gasteiger partial charge >= 0.3 is 6.03 Å². The minimum atomic E-state index is -0.167. The van der Waals surface area contributed by atoms with E-state index in [0.717, 1.165) is 57.3 Å². The number of urea groups is 1. The summed E-state index contributed by atoms with van der Waals surface area (Å²) in [5.74, 6) is 0. The van der Waals surface area contributed by atoms with Crippen LogP contribution in [0.5, 0.6) is 0 Å². The first-order valence-corrected chi connectivity index (χ1v) is 9.45. The Labute approximate surface area is 155 Å². The number of amides is 2. The summed E-state index contributed by atoms with van der Waals surface area (Å²) < 4.78 is 11.1. The molecule has 1 aromatic carbocycles. The van der Waals surface area contributed by atoms with Crippen molar-refractivity contribution in [2.45, 2.75) is 26.1 Å². The second-order valence-corrected chi connectivity index (χ2v) is 7.04. The largest absolute Gasteiger partial charge is 0.379 e. The summed E-state index contributed by atoms with van der Waals surface area (Å²) in [6.45, 7) is 10.9. The summed E-state index contributed by atoms with van der Waals surface area (Å²) in [4.78, 5) is 16.7. The molecule has 2 aliphatic rings. The molecular formula is C19H30N4O3. The van der Waals surface area contributed by atoms with Crippen molar-refractivity contribution in [1.82, 2.24) is 10.2 Å². The number of nitrogens with one attached hydrogen (secondary N) is 2. The number of carbonyl (C=O) groups is 1. The molecule has 1 aromatic rings. The van der Waals surface area contributed by atoms with Crippen molar-refractivity contribution in [1.29, 1.82) is 0 Å². The zero-order chi connectivity index (χ0) is 18.4. The van der Waals surface area contributed by atoms with Gasteiger partial charge < -0.3 is 25.0 Å². The van der Waals surface area contributed by atoms with Crippen LogP contribution in [0.25, 0.3) is 0 Å². The van der Waals surface area contributed by atoms with Crippen LogP contribution in [-0.4, -0.2) is 75.6 Å². The van der Waals surface area contributed by atoms with Crippen LogP contribution in [0.2, 0.25) is 0 Å². The molecule has 2 unspecified atom stereocenters. The molecule has 0 bridgehead atoms. The van der Waals surface area contributed by atoms with E-state index in [2.05, 4.69) is 34.3 Å². The van der Waals surface area contributed by atoms with Gasteiger partial charge in [0.15, 0.2) is 0 Å². The maximum atomic E-state index is 12.0. The molecule has 144 valence electrons. The monoisotopic (exact) mass is 362 g/mol. The Morgan fingerprint density at radius 3 is 2.42 bits per heavy atom. The zero-order valence-corrected chi connectivity index (χ0v) is 15.7. The smallest absolute Gasteiger partial charge is 0.319 e. The predicted molar refractivity (Wildman–Crippen MR) is 103 cm³/mol. The summed E-state index contributed by atoms with van der Waals surface area (Å²) in [6.07, 6.45) is 0.461. The summed E-state index contributed by atoms with van der Waals surface area (Å²) in [7, 11) is 0. The van der Waals surface area contributed by atoms with E-state index in [4.69, 9.17) is 9.47 Å². The van der Waals surface area contributed by atoms with Gasteiger partial charge in [-0.1, -0.05) is 0 Å². The minimum Gasteiger partial charge on any atom is -0.379 e. The molecule has 3 rings (SSSR count). The van der Waals surface area contributed by atoms with Crippen molar-refractivity contribution < 1.29 is 14.3 Å². The van der Waals surface area contributed by atoms with Crippen molar-refractivity contribution in [3.63, 3.8) is 0 Å². The summed E-state index contributed by atoms with van der Waals surface area (Å²) in [5.41, 5.74) is 1.96. The molecule has 2 saturated heterocycles. The molecule has 2 atom stereocenters. The third-order valence-electron chi connectivity index (χ3n) is 4.73. The molecule has 0 saturated carbocycles. The van der Waals surface area contributed by atoms with E-state index in [1.165, 1.54) is 0 Å². The van der Waals surface area contributed by atoms with Crippen LogP contribution in [0.4, 0.5) is 16.2 Å². The molecule has 2 fully saturated rings. The lowest BCUT2D eigenvalue weighted by molar-refractivity contribution is -0.00521. The Morgan fingerprint density at radius 1 is 1.12 bits per heavy atom. The SMILES string of the molecule is CC1CN(c2ccc(NC(=O)NCCN3CCOCC3)cc2)CC(C)O1. The Balaban J connectivity index is 1.42. The van der Waals surface area contributed by atoms with Gasteiger partial charge in [-0.15, -0.1) is 0 Å². The van der Waals surface area contributed by atoms with E-state index in [1.54, 1.807) is 0 Å². The number of benzene rings is 1. The van der Waals surface area contributed by atoms with Crippen LogP contribution < -0.4 is 15.5 Å². The van der Waals surface area contributed by atoms with Gasteiger partial charge in [0, 0.05) is 50.6 Å². The number of nitrogens with zero attached hydrogens (tertiary/aromatic N) is 2. The van der Waals surface area contributed by atoms with Gasteiger partial charge in [-0.05, 0) is 38.1 Å². The van der Waals surface area contributed by atoms with Crippen LogP contribution in [0.3, 0.4) is 0 Å². The first-order valence-electron chi connectivity index (χ1n) is 9.45. The second kappa shape index (κ2) is 9.21. The second-order valence-electron chi connectivity index (χ2n) is 7.04. The van der Waals surface area contributed by atoms with Crippen LogP contribution in [0, 0.1) is 0 Å². The Morgan fingerprint density at radius 2 is 1.77 bits per heavy atom. The van der Waals surface area contributed by atoms with E-state index in [0.29, 0.717) is 6.54 Å². The highest BCUT2D eigenvalue weighted by molar-refractivity contribution is 5.89. The molecule has 2 aliphatic heterocycles. The van der Waals surface area contributed by atoms with Gasteiger partial charge in [0.2, 0.25) is 0 Å². The molecule has 2 N–H and O–H groups in total. The number of rotatable bonds is 5. The maximum absolute atomic E-state index is 12.0. The van der Waals surface area contributed by atoms with Crippen LogP contribution in [0.1, 0.15) is 13.8 Å². The maximum Gasteiger partial charge on any atom is 0.319 e. The fraction of sp³-hybridized carbons (Fsp3) is 0.632. The lowest BCUT2D eigenvalue weighted by Crippen LogP contribution is -2.45. The molecular weight excluding hydrogens is 332 g/mol. The molecule has 7 nitrogen and oxygen atoms in total. The first kappa shape index (κ1) is 18.9. The average molecular weight is 362 g/mol. The molecule has 7 heteroatoms. The van der Waals surface area contributed by atoms with Crippen LogP contribution in [-0.2, 0) is 9.47 Å². The number of morpholine rings is 2.